The van der Waals surface area contributed by atoms with Crippen molar-refractivity contribution >= 4 is 0 Å². The molecule has 1 aromatic carbocycles. The molecule has 108 valence electrons. The van der Waals surface area contributed by atoms with Gasteiger partial charge in [0.25, 0.3) is 0 Å². The summed E-state index contributed by atoms with van der Waals surface area (Å²) in [6.07, 6.45) is 2.27. The van der Waals surface area contributed by atoms with Crippen molar-refractivity contribution in [1.82, 2.24) is 5.32 Å². The van der Waals surface area contributed by atoms with Crippen molar-refractivity contribution in [1.29, 1.82) is 0 Å². The van der Waals surface area contributed by atoms with E-state index >= 15 is 0 Å². The van der Waals surface area contributed by atoms with E-state index in [1.807, 2.05) is 19.1 Å². The Morgan fingerprint density at radius 2 is 1.47 bits per heavy atom. The normalized spacial score (nSPS) is 13.5. The smallest absolute Gasteiger partial charge is 0.127 e. The molecule has 0 aliphatic rings. The number of benzene rings is 1. The van der Waals surface area contributed by atoms with Gasteiger partial charge in [-0.15, -0.1) is 0 Å². The highest BCUT2D eigenvalue weighted by atomic mass is 19.1. The molecule has 1 rings (SSSR count). The number of rotatable bonds is 7. The summed E-state index contributed by atoms with van der Waals surface area (Å²) in [5.41, 5.74) is 0.764. The fourth-order valence-electron chi connectivity index (χ4n) is 2.64. The molecule has 0 amide bonds. The SMILES string of the molecule is CC(C)CC(CC(C)C)N[C@H](C)c1ccccc1F. The van der Waals surface area contributed by atoms with Gasteiger partial charge < -0.3 is 5.32 Å². The standard InChI is InChI=1S/C17H28FN/c1-12(2)10-15(11-13(3)4)19-14(5)16-8-6-7-9-17(16)18/h6-9,12-15,19H,10-11H2,1-5H3/t14-/m1/s1. The second-order valence-electron chi connectivity index (χ2n) is 6.37. The van der Waals surface area contributed by atoms with Gasteiger partial charge in [0.1, 0.15) is 5.82 Å². The van der Waals surface area contributed by atoms with E-state index in [0.717, 1.165) is 18.4 Å². The van der Waals surface area contributed by atoms with E-state index in [-0.39, 0.29) is 11.9 Å². The van der Waals surface area contributed by atoms with Crippen LogP contribution in [0.25, 0.3) is 0 Å². The summed E-state index contributed by atoms with van der Waals surface area (Å²) in [5.74, 6) is 1.20. The molecule has 0 aliphatic heterocycles. The Morgan fingerprint density at radius 1 is 0.947 bits per heavy atom. The van der Waals surface area contributed by atoms with E-state index in [4.69, 9.17) is 0 Å². The van der Waals surface area contributed by atoms with E-state index < -0.39 is 0 Å². The fourth-order valence-corrected chi connectivity index (χ4v) is 2.64. The molecular weight excluding hydrogens is 237 g/mol. The topological polar surface area (TPSA) is 12.0 Å². The summed E-state index contributed by atoms with van der Waals surface area (Å²) in [6.45, 7) is 11.0. The first-order valence-electron chi connectivity index (χ1n) is 7.40. The summed E-state index contributed by atoms with van der Waals surface area (Å²) in [4.78, 5) is 0. The predicted molar refractivity (Wildman–Crippen MR) is 80.6 cm³/mol. The Morgan fingerprint density at radius 3 is 1.95 bits per heavy atom. The van der Waals surface area contributed by atoms with Crippen LogP contribution in [0.5, 0.6) is 0 Å². The quantitative estimate of drug-likeness (QED) is 0.736. The summed E-state index contributed by atoms with van der Waals surface area (Å²) in [5, 5.41) is 3.60. The molecule has 1 nitrogen and oxygen atoms in total. The molecule has 1 atom stereocenters. The summed E-state index contributed by atoms with van der Waals surface area (Å²) in [7, 11) is 0. The van der Waals surface area contributed by atoms with Gasteiger partial charge in [-0.25, -0.2) is 4.39 Å². The van der Waals surface area contributed by atoms with Crippen LogP contribution in [0.2, 0.25) is 0 Å². The third-order valence-corrected chi connectivity index (χ3v) is 3.37. The minimum Gasteiger partial charge on any atom is -0.307 e. The molecule has 0 heterocycles. The number of nitrogens with one attached hydrogen (secondary N) is 1. The number of hydrogen-bond acceptors (Lipinski definition) is 1. The zero-order chi connectivity index (χ0) is 14.4. The molecule has 0 saturated carbocycles. The third-order valence-electron chi connectivity index (χ3n) is 3.37. The number of hydrogen-bond donors (Lipinski definition) is 1. The molecule has 0 bridgehead atoms. The Bertz CT molecular complexity index is 363. The Hall–Kier alpha value is -0.890. The molecular formula is C17H28FN. The maximum atomic E-state index is 13.8. The lowest BCUT2D eigenvalue weighted by molar-refractivity contribution is 0.332. The highest BCUT2D eigenvalue weighted by Gasteiger charge is 2.17. The van der Waals surface area contributed by atoms with Crippen LogP contribution in [0.4, 0.5) is 4.39 Å². The van der Waals surface area contributed by atoms with Gasteiger partial charge >= 0.3 is 0 Å². The average Bonchev–Trinajstić information content (AvgIpc) is 2.27. The first-order chi connectivity index (χ1) is 8.90. The predicted octanol–water partition coefficient (Wildman–Crippen LogP) is 4.94. The van der Waals surface area contributed by atoms with Gasteiger partial charge in [0.05, 0.1) is 0 Å². The van der Waals surface area contributed by atoms with Crippen molar-refractivity contribution < 1.29 is 4.39 Å². The van der Waals surface area contributed by atoms with Crippen LogP contribution in [0.15, 0.2) is 24.3 Å². The molecule has 0 saturated heterocycles. The monoisotopic (exact) mass is 265 g/mol. The van der Waals surface area contributed by atoms with Gasteiger partial charge in [-0.2, -0.15) is 0 Å². The maximum absolute atomic E-state index is 13.8. The largest absolute Gasteiger partial charge is 0.307 e. The minimum absolute atomic E-state index is 0.0590. The van der Waals surface area contributed by atoms with Gasteiger partial charge in [0.2, 0.25) is 0 Å². The number of halogens is 1. The lowest BCUT2D eigenvalue weighted by Gasteiger charge is -2.26. The van der Waals surface area contributed by atoms with Gasteiger partial charge in [-0.3, -0.25) is 0 Å². The molecule has 1 aromatic rings. The molecule has 0 fully saturated rings. The van der Waals surface area contributed by atoms with Gasteiger partial charge in [0, 0.05) is 17.6 Å². The average molecular weight is 265 g/mol. The van der Waals surface area contributed by atoms with Crippen LogP contribution in [0, 0.1) is 17.7 Å². The van der Waals surface area contributed by atoms with Crippen LogP contribution in [-0.4, -0.2) is 6.04 Å². The molecule has 0 spiro atoms. The van der Waals surface area contributed by atoms with Crippen LogP contribution in [0.1, 0.15) is 59.1 Å². The van der Waals surface area contributed by atoms with Crippen LogP contribution >= 0.6 is 0 Å². The van der Waals surface area contributed by atoms with E-state index in [1.165, 1.54) is 6.07 Å². The molecule has 0 radical (unpaired) electrons. The maximum Gasteiger partial charge on any atom is 0.127 e. The summed E-state index contributed by atoms with van der Waals surface area (Å²) in [6, 6.07) is 7.56. The second-order valence-corrected chi connectivity index (χ2v) is 6.37. The van der Waals surface area contributed by atoms with Crippen molar-refractivity contribution in [3.05, 3.63) is 35.6 Å². The molecule has 1 N–H and O–H groups in total. The molecule has 0 aliphatic carbocycles. The molecule has 2 heteroatoms. The minimum atomic E-state index is -0.115. The van der Waals surface area contributed by atoms with Crippen molar-refractivity contribution in [2.75, 3.05) is 0 Å². The Labute approximate surface area is 117 Å². The van der Waals surface area contributed by atoms with Crippen LogP contribution < -0.4 is 5.32 Å². The van der Waals surface area contributed by atoms with Gasteiger partial charge in [0.15, 0.2) is 0 Å². The van der Waals surface area contributed by atoms with Crippen LogP contribution in [0.3, 0.4) is 0 Å². The molecule has 0 unspecified atom stereocenters. The first kappa shape index (κ1) is 16.2. The van der Waals surface area contributed by atoms with E-state index in [0.29, 0.717) is 17.9 Å². The van der Waals surface area contributed by atoms with Crippen LogP contribution in [-0.2, 0) is 0 Å². The van der Waals surface area contributed by atoms with Crippen molar-refractivity contribution in [3.8, 4) is 0 Å². The lowest BCUT2D eigenvalue weighted by Crippen LogP contribution is -2.34. The van der Waals surface area contributed by atoms with Gasteiger partial charge in [-0.05, 0) is 37.7 Å². The van der Waals surface area contributed by atoms with Crippen molar-refractivity contribution in [2.24, 2.45) is 11.8 Å². The van der Waals surface area contributed by atoms with Crippen molar-refractivity contribution in [2.45, 2.75) is 59.5 Å². The highest BCUT2D eigenvalue weighted by Crippen LogP contribution is 2.20. The lowest BCUT2D eigenvalue weighted by atomic mass is 9.94. The second kappa shape index (κ2) is 7.64. The zero-order valence-corrected chi connectivity index (χ0v) is 12.9. The Balaban J connectivity index is 2.70. The van der Waals surface area contributed by atoms with E-state index in [1.54, 1.807) is 6.07 Å². The zero-order valence-electron chi connectivity index (χ0n) is 12.9. The fraction of sp³-hybridized carbons (Fsp3) is 0.647. The third kappa shape index (κ3) is 5.73. The van der Waals surface area contributed by atoms with Gasteiger partial charge in [-0.1, -0.05) is 45.9 Å². The highest BCUT2D eigenvalue weighted by molar-refractivity contribution is 5.20. The van der Waals surface area contributed by atoms with E-state index in [9.17, 15) is 4.39 Å². The Kier molecular flexibility index (Phi) is 6.50. The van der Waals surface area contributed by atoms with E-state index in [2.05, 4.69) is 33.0 Å². The summed E-state index contributed by atoms with van der Waals surface area (Å²) < 4.78 is 13.8. The summed E-state index contributed by atoms with van der Waals surface area (Å²) >= 11 is 0. The first-order valence-corrected chi connectivity index (χ1v) is 7.40. The molecule has 0 aromatic heterocycles. The molecule has 19 heavy (non-hydrogen) atoms. The van der Waals surface area contributed by atoms with Crippen molar-refractivity contribution in [3.63, 3.8) is 0 Å².